The summed E-state index contributed by atoms with van der Waals surface area (Å²) in [4.78, 5) is 29.2. The molecule has 1 aliphatic carbocycles. The van der Waals surface area contributed by atoms with Crippen molar-refractivity contribution in [3.63, 3.8) is 0 Å². The van der Waals surface area contributed by atoms with E-state index in [4.69, 9.17) is 0 Å². The monoisotopic (exact) mass is 391 g/mol. The summed E-state index contributed by atoms with van der Waals surface area (Å²) in [5.74, 6) is -0.0147. The first-order valence-corrected chi connectivity index (χ1v) is 10.7. The van der Waals surface area contributed by atoms with E-state index in [1.54, 1.807) is 0 Å². The van der Waals surface area contributed by atoms with Crippen molar-refractivity contribution in [2.24, 2.45) is 0 Å². The standard InChI is InChI=1S/C24H29N3O2/c28-23(25-21-10-5-2-6-11-21)20-12-14-22(15-13-20)27-17-7-16-26(24(27)29)18-19-8-3-1-4-9-19/h1,3-4,8-9,12-15,21H,2,5-7,10-11,16-18H2,(H,25,28). The van der Waals surface area contributed by atoms with E-state index < -0.39 is 0 Å². The van der Waals surface area contributed by atoms with Gasteiger partial charge in [0.1, 0.15) is 0 Å². The van der Waals surface area contributed by atoms with Crippen LogP contribution in [0.2, 0.25) is 0 Å². The fourth-order valence-electron chi connectivity index (χ4n) is 4.28. The number of amides is 3. The van der Waals surface area contributed by atoms with Crippen LogP contribution in [0.25, 0.3) is 0 Å². The van der Waals surface area contributed by atoms with Crippen molar-refractivity contribution < 1.29 is 9.59 Å². The van der Waals surface area contributed by atoms with Crippen LogP contribution < -0.4 is 10.2 Å². The first-order chi connectivity index (χ1) is 14.2. The lowest BCUT2D eigenvalue weighted by Crippen LogP contribution is -2.49. The van der Waals surface area contributed by atoms with Gasteiger partial charge in [-0.3, -0.25) is 9.69 Å². The molecule has 5 nitrogen and oxygen atoms in total. The van der Waals surface area contributed by atoms with Crippen molar-refractivity contribution in [3.05, 3.63) is 65.7 Å². The molecule has 0 bridgehead atoms. The normalized spacial score (nSPS) is 18.0. The molecule has 4 rings (SSSR count). The number of carbonyl (C=O) groups is 2. The van der Waals surface area contributed by atoms with Gasteiger partial charge in [0.05, 0.1) is 0 Å². The maximum atomic E-state index is 13.0. The van der Waals surface area contributed by atoms with Crippen molar-refractivity contribution in [2.75, 3.05) is 18.0 Å². The highest BCUT2D eigenvalue weighted by atomic mass is 16.2. The molecule has 1 saturated heterocycles. The summed E-state index contributed by atoms with van der Waals surface area (Å²) in [6.07, 6.45) is 6.74. The number of urea groups is 1. The third kappa shape index (κ3) is 4.78. The molecule has 0 aromatic heterocycles. The molecule has 0 unspecified atom stereocenters. The van der Waals surface area contributed by atoms with Crippen molar-refractivity contribution in [2.45, 2.75) is 51.1 Å². The van der Waals surface area contributed by atoms with Crippen LogP contribution >= 0.6 is 0 Å². The summed E-state index contributed by atoms with van der Waals surface area (Å²) in [5, 5.41) is 3.15. The van der Waals surface area contributed by atoms with Crippen molar-refractivity contribution in [1.82, 2.24) is 10.2 Å². The van der Waals surface area contributed by atoms with Crippen LogP contribution in [0.4, 0.5) is 10.5 Å². The van der Waals surface area contributed by atoms with Gasteiger partial charge in [0.2, 0.25) is 0 Å². The first kappa shape index (κ1) is 19.5. The minimum Gasteiger partial charge on any atom is -0.349 e. The van der Waals surface area contributed by atoms with Crippen LogP contribution in [0.15, 0.2) is 54.6 Å². The Morgan fingerprint density at radius 3 is 2.34 bits per heavy atom. The molecule has 0 spiro atoms. The smallest absolute Gasteiger partial charge is 0.324 e. The largest absolute Gasteiger partial charge is 0.349 e. The van der Waals surface area contributed by atoms with Gasteiger partial charge in [-0.2, -0.15) is 0 Å². The Balaban J connectivity index is 1.39. The zero-order chi connectivity index (χ0) is 20.1. The zero-order valence-corrected chi connectivity index (χ0v) is 16.8. The fourth-order valence-corrected chi connectivity index (χ4v) is 4.28. The van der Waals surface area contributed by atoms with Gasteiger partial charge in [-0.1, -0.05) is 49.6 Å². The predicted molar refractivity (Wildman–Crippen MR) is 115 cm³/mol. The molecular weight excluding hydrogens is 362 g/mol. The zero-order valence-electron chi connectivity index (χ0n) is 16.8. The Labute approximate surface area is 172 Å². The number of benzene rings is 2. The van der Waals surface area contributed by atoms with Crippen molar-refractivity contribution >= 4 is 17.6 Å². The number of hydrogen-bond donors (Lipinski definition) is 1. The second-order valence-electron chi connectivity index (χ2n) is 8.05. The Kier molecular flexibility index (Phi) is 6.13. The highest BCUT2D eigenvalue weighted by Gasteiger charge is 2.27. The molecule has 2 aromatic rings. The molecule has 2 aromatic carbocycles. The van der Waals surface area contributed by atoms with Crippen LogP contribution in [0.5, 0.6) is 0 Å². The quantitative estimate of drug-likeness (QED) is 0.811. The van der Waals surface area contributed by atoms with E-state index in [1.165, 1.54) is 19.3 Å². The third-order valence-electron chi connectivity index (χ3n) is 5.91. The van der Waals surface area contributed by atoms with Gasteiger partial charge >= 0.3 is 6.03 Å². The summed E-state index contributed by atoms with van der Waals surface area (Å²) in [6.45, 7) is 2.10. The van der Waals surface area contributed by atoms with Gasteiger partial charge < -0.3 is 10.2 Å². The lowest BCUT2D eigenvalue weighted by molar-refractivity contribution is 0.0927. The molecule has 1 N–H and O–H groups in total. The minimum atomic E-state index is -0.0147. The predicted octanol–water partition coefficient (Wildman–Crippen LogP) is 4.58. The van der Waals surface area contributed by atoms with Crippen LogP contribution in [0.3, 0.4) is 0 Å². The molecule has 3 amide bonds. The average molecular weight is 392 g/mol. The Morgan fingerprint density at radius 1 is 0.897 bits per heavy atom. The maximum absolute atomic E-state index is 13.0. The van der Waals surface area contributed by atoms with Crippen LogP contribution in [-0.4, -0.2) is 36.0 Å². The molecule has 152 valence electrons. The Morgan fingerprint density at radius 2 is 1.62 bits per heavy atom. The fraction of sp³-hybridized carbons (Fsp3) is 0.417. The summed E-state index contributed by atoms with van der Waals surface area (Å²) in [7, 11) is 0. The lowest BCUT2D eigenvalue weighted by Gasteiger charge is -2.35. The molecule has 2 aliphatic rings. The van der Waals surface area contributed by atoms with E-state index in [9.17, 15) is 9.59 Å². The van der Waals surface area contributed by atoms with Gasteiger partial charge in [0.25, 0.3) is 5.91 Å². The van der Waals surface area contributed by atoms with Crippen LogP contribution in [0, 0.1) is 0 Å². The molecule has 1 aliphatic heterocycles. The van der Waals surface area contributed by atoms with E-state index in [2.05, 4.69) is 5.32 Å². The lowest BCUT2D eigenvalue weighted by atomic mass is 9.95. The van der Waals surface area contributed by atoms with Crippen molar-refractivity contribution in [3.8, 4) is 0 Å². The van der Waals surface area contributed by atoms with Crippen LogP contribution in [-0.2, 0) is 6.54 Å². The average Bonchev–Trinajstić information content (AvgIpc) is 2.77. The van der Waals surface area contributed by atoms with Gasteiger partial charge in [0.15, 0.2) is 0 Å². The van der Waals surface area contributed by atoms with E-state index in [1.807, 2.05) is 64.4 Å². The number of carbonyl (C=O) groups excluding carboxylic acids is 2. The summed E-state index contributed by atoms with van der Waals surface area (Å²) < 4.78 is 0. The number of anilines is 1. The van der Waals surface area contributed by atoms with Gasteiger partial charge in [-0.05, 0) is 49.1 Å². The topological polar surface area (TPSA) is 52.7 Å². The summed E-state index contributed by atoms with van der Waals surface area (Å²) in [6, 6.07) is 17.8. The Bertz CT molecular complexity index is 829. The molecule has 5 heteroatoms. The number of hydrogen-bond acceptors (Lipinski definition) is 2. The summed E-state index contributed by atoms with van der Waals surface area (Å²) >= 11 is 0. The van der Waals surface area contributed by atoms with Gasteiger partial charge in [-0.25, -0.2) is 4.79 Å². The molecule has 1 heterocycles. The number of nitrogens with one attached hydrogen (secondary N) is 1. The van der Waals surface area contributed by atoms with Crippen LogP contribution in [0.1, 0.15) is 54.4 Å². The number of rotatable bonds is 5. The molecular formula is C24H29N3O2. The maximum Gasteiger partial charge on any atom is 0.324 e. The minimum absolute atomic E-state index is 0.0147. The van der Waals surface area contributed by atoms with Crippen molar-refractivity contribution in [1.29, 1.82) is 0 Å². The van der Waals surface area contributed by atoms with E-state index in [0.29, 0.717) is 24.7 Å². The van der Waals surface area contributed by atoms with Gasteiger partial charge in [-0.15, -0.1) is 0 Å². The Hall–Kier alpha value is -2.82. The summed E-state index contributed by atoms with van der Waals surface area (Å²) in [5.41, 5.74) is 2.64. The second kappa shape index (κ2) is 9.12. The van der Waals surface area contributed by atoms with E-state index in [0.717, 1.165) is 37.1 Å². The molecule has 29 heavy (non-hydrogen) atoms. The van der Waals surface area contributed by atoms with Gasteiger partial charge in [0, 0.05) is 36.9 Å². The molecule has 0 radical (unpaired) electrons. The highest BCUT2D eigenvalue weighted by Crippen LogP contribution is 2.23. The SMILES string of the molecule is O=C(NC1CCCCC1)c1ccc(N2CCCN(Cc3ccccc3)C2=O)cc1. The van der Waals surface area contributed by atoms with E-state index >= 15 is 0 Å². The highest BCUT2D eigenvalue weighted by molar-refractivity contribution is 5.96. The molecule has 1 saturated carbocycles. The third-order valence-corrected chi connectivity index (χ3v) is 5.91. The second-order valence-corrected chi connectivity index (χ2v) is 8.05. The van der Waals surface area contributed by atoms with E-state index in [-0.39, 0.29) is 11.9 Å². The molecule has 2 fully saturated rings. The first-order valence-electron chi connectivity index (χ1n) is 10.7. The number of nitrogens with zero attached hydrogens (tertiary/aromatic N) is 2. The molecule has 0 atom stereocenters.